The van der Waals surface area contributed by atoms with Crippen molar-refractivity contribution in [1.29, 1.82) is 0 Å². The molecule has 1 aliphatic rings. The fourth-order valence-corrected chi connectivity index (χ4v) is 3.32. The molecule has 3 nitrogen and oxygen atoms in total. The van der Waals surface area contributed by atoms with Crippen LogP contribution < -0.4 is 10.5 Å². The topological polar surface area (TPSA) is 38.5 Å². The normalized spacial score (nSPS) is 17.6. The van der Waals surface area contributed by atoms with Gasteiger partial charge in [0.05, 0.1) is 7.11 Å². The molecule has 0 amide bonds. The molecule has 2 N–H and O–H groups in total. The molecule has 1 atom stereocenters. The minimum Gasteiger partial charge on any atom is -0.497 e. The van der Waals surface area contributed by atoms with Crippen LogP contribution in [0.1, 0.15) is 51.1 Å². The van der Waals surface area contributed by atoms with Gasteiger partial charge in [-0.15, -0.1) is 0 Å². The Bertz CT molecular complexity index is 410. The van der Waals surface area contributed by atoms with Crippen LogP contribution in [0, 0.1) is 5.92 Å². The van der Waals surface area contributed by atoms with E-state index in [0.717, 1.165) is 24.9 Å². The van der Waals surface area contributed by atoms with E-state index in [0.29, 0.717) is 5.92 Å². The Morgan fingerprint density at radius 3 is 2.29 bits per heavy atom. The lowest BCUT2D eigenvalue weighted by Crippen LogP contribution is -2.41. The molecule has 0 saturated heterocycles. The summed E-state index contributed by atoms with van der Waals surface area (Å²) in [7, 11) is 1.69. The third-order valence-electron chi connectivity index (χ3n) is 4.42. The zero-order valence-electron chi connectivity index (χ0n) is 13.7. The molecule has 0 bridgehead atoms. The predicted octanol–water partition coefficient (Wildman–Crippen LogP) is 3.60. The van der Waals surface area contributed by atoms with Gasteiger partial charge in [0.15, 0.2) is 0 Å². The molecule has 1 aliphatic carbocycles. The van der Waals surface area contributed by atoms with Crippen LogP contribution in [0.15, 0.2) is 24.3 Å². The van der Waals surface area contributed by atoms with E-state index in [1.165, 1.54) is 31.2 Å². The number of methoxy groups -OCH3 is 1. The smallest absolute Gasteiger partial charge is 0.118 e. The molecule has 3 heteroatoms. The van der Waals surface area contributed by atoms with E-state index >= 15 is 0 Å². The van der Waals surface area contributed by atoms with Crippen molar-refractivity contribution in [3.63, 3.8) is 0 Å². The average molecular weight is 290 g/mol. The van der Waals surface area contributed by atoms with E-state index in [1.807, 2.05) is 12.1 Å². The molecule has 1 aromatic rings. The van der Waals surface area contributed by atoms with Gasteiger partial charge in [0.25, 0.3) is 0 Å². The summed E-state index contributed by atoms with van der Waals surface area (Å²) in [4.78, 5) is 2.62. The Morgan fingerprint density at radius 2 is 1.76 bits per heavy atom. The number of hydrogen-bond acceptors (Lipinski definition) is 3. The summed E-state index contributed by atoms with van der Waals surface area (Å²) >= 11 is 0. The van der Waals surface area contributed by atoms with Crippen LogP contribution in [0.5, 0.6) is 5.75 Å². The first-order chi connectivity index (χ1) is 10.1. The highest BCUT2D eigenvalue weighted by Crippen LogP contribution is 2.26. The summed E-state index contributed by atoms with van der Waals surface area (Å²) in [5, 5.41) is 0. The molecule has 0 spiro atoms. The lowest BCUT2D eigenvalue weighted by atomic mass is 10.0. The highest BCUT2D eigenvalue weighted by Gasteiger charge is 2.24. The first kappa shape index (κ1) is 16.3. The molecule has 2 rings (SSSR count). The quantitative estimate of drug-likeness (QED) is 0.834. The fraction of sp³-hybridized carbons (Fsp3) is 0.667. The van der Waals surface area contributed by atoms with Gasteiger partial charge in [-0.2, -0.15) is 0 Å². The molecular weight excluding hydrogens is 260 g/mol. The van der Waals surface area contributed by atoms with Gasteiger partial charge < -0.3 is 10.5 Å². The molecule has 1 unspecified atom stereocenters. The zero-order valence-corrected chi connectivity index (χ0v) is 13.7. The molecule has 0 aliphatic heterocycles. The third-order valence-corrected chi connectivity index (χ3v) is 4.42. The highest BCUT2D eigenvalue weighted by atomic mass is 16.5. The summed E-state index contributed by atoms with van der Waals surface area (Å²) in [6.07, 6.45) is 5.41. The second-order valence-electron chi connectivity index (χ2n) is 6.67. The number of rotatable bonds is 7. The van der Waals surface area contributed by atoms with Gasteiger partial charge >= 0.3 is 0 Å². The minimum absolute atomic E-state index is 0.0789. The molecular formula is C18H30N2O. The Hall–Kier alpha value is -1.06. The first-order valence-electron chi connectivity index (χ1n) is 8.23. The Morgan fingerprint density at radius 1 is 1.14 bits per heavy atom. The van der Waals surface area contributed by atoms with E-state index in [-0.39, 0.29) is 6.04 Å². The Labute approximate surface area is 129 Å². The van der Waals surface area contributed by atoms with Crippen molar-refractivity contribution in [2.24, 2.45) is 11.7 Å². The molecule has 0 radical (unpaired) electrons. The number of hydrogen-bond donors (Lipinski definition) is 1. The van der Waals surface area contributed by atoms with Crippen LogP contribution in [-0.2, 0) is 0 Å². The SMILES string of the molecule is COc1ccc(C(N)CN(CC(C)C)C2CCCC2)cc1. The average Bonchev–Trinajstić information content (AvgIpc) is 3.00. The second kappa shape index (κ2) is 7.81. The van der Waals surface area contributed by atoms with E-state index < -0.39 is 0 Å². The van der Waals surface area contributed by atoms with Crippen molar-refractivity contribution in [3.8, 4) is 5.75 Å². The Kier molecular flexibility index (Phi) is 6.07. The first-order valence-corrected chi connectivity index (χ1v) is 8.23. The monoisotopic (exact) mass is 290 g/mol. The lowest BCUT2D eigenvalue weighted by Gasteiger charge is -2.32. The maximum absolute atomic E-state index is 6.45. The summed E-state index contributed by atoms with van der Waals surface area (Å²) in [5.74, 6) is 1.58. The van der Waals surface area contributed by atoms with Crippen molar-refractivity contribution in [2.75, 3.05) is 20.2 Å². The van der Waals surface area contributed by atoms with Crippen molar-refractivity contribution in [1.82, 2.24) is 4.90 Å². The van der Waals surface area contributed by atoms with Crippen molar-refractivity contribution in [2.45, 2.75) is 51.6 Å². The molecule has 21 heavy (non-hydrogen) atoms. The Balaban J connectivity index is 1.99. The van der Waals surface area contributed by atoms with Gasteiger partial charge in [-0.25, -0.2) is 0 Å². The summed E-state index contributed by atoms with van der Waals surface area (Å²) in [5.41, 5.74) is 7.65. The van der Waals surface area contributed by atoms with Gasteiger partial charge in [0.2, 0.25) is 0 Å². The van der Waals surface area contributed by atoms with Crippen molar-refractivity contribution < 1.29 is 4.74 Å². The van der Waals surface area contributed by atoms with Gasteiger partial charge in [-0.1, -0.05) is 38.8 Å². The van der Waals surface area contributed by atoms with Crippen LogP contribution >= 0.6 is 0 Å². The molecule has 0 aromatic heterocycles. The maximum Gasteiger partial charge on any atom is 0.118 e. The van der Waals surface area contributed by atoms with Crippen molar-refractivity contribution in [3.05, 3.63) is 29.8 Å². The predicted molar refractivity (Wildman–Crippen MR) is 88.6 cm³/mol. The molecule has 118 valence electrons. The van der Waals surface area contributed by atoms with Crippen LogP contribution in [0.2, 0.25) is 0 Å². The van der Waals surface area contributed by atoms with Crippen LogP contribution in [-0.4, -0.2) is 31.1 Å². The van der Waals surface area contributed by atoms with E-state index in [1.54, 1.807) is 7.11 Å². The number of nitrogens with two attached hydrogens (primary N) is 1. The maximum atomic E-state index is 6.45. The summed E-state index contributed by atoms with van der Waals surface area (Å²) in [6, 6.07) is 8.99. The fourth-order valence-electron chi connectivity index (χ4n) is 3.32. The van der Waals surface area contributed by atoms with E-state index in [4.69, 9.17) is 10.5 Å². The van der Waals surface area contributed by atoms with Crippen LogP contribution in [0.3, 0.4) is 0 Å². The summed E-state index contributed by atoms with van der Waals surface area (Å²) < 4.78 is 5.21. The minimum atomic E-state index is 0.0789. The zero-order chi connectivity index (χ0) is 15.2. The standard InChI is InChI=1S/C18H30N2O/c1-14(2)12-20(16-6-4-5-7-16)13-18(19)15-8-10-17(21-3)11-9-15/h8-11,14,16,18H,4-7,12-13,19H2,1-3H3. The largest absolute Gasteiger partial charge is 0.497 e. The molecule has 0 heterocycles. The van der Waals surface area contributed by atoms with Crippen LogP contribution in [0.25, 0.3) is 0 Å². The number of benzene rings is 1. The van der Waals surface area contributed by atoms with E-state index in [9.17, 15) is 0 Å². The number of ether oxygens (including phenoxy) is 1. The van der Waals surface area contributed by atoms with Gasteiger partial charge in [-0.05, 0) is 36.5 Å². The van der Waals surface area contributed by atoms with E-state index in [2.05, 4.69) is 30.9 Å². The van der Waals surface area contributed by atoms with Gasteiger partial charge in [-0.3, -0.25) is 4.90 Å². The second-order valence-corrected chi connectivity index (χ2v) is 6.67. The van der Waals surface area contributed by atoms with Crippen LogP contribution in [0.4, 0.5) is 0 Å². The highest BCUT2D eigenvalue weighted by molar-refractivity contribution is 5.29. The molecule has 1 fully saturated rings. The molecule has 1 aromatic carbocycles. The van der Waals surface area contributed by atoms with Gasteiger partial charge in [0, 0.05) is 25.2 Å². The molecule has 1 saturated carbocycles. The third kappa shape index (κ3) is 4.72. The van der Waals surface area contributed by atoms with Crippen molar-refractivity contribution >= 4 is 0 Å². The van der Waals surface area contributed by atoms with Gasteiger partial charge in [0.1, 0.15) is 5.75 Å². The lowest BCUT2D eigenvalue weighted by molar-refractivity contribution is 0.167. The number of nitrogens with zero attached hydrogens (tertiary/aromatic N) is 1. The summed E-state index contributed by atoms with van der Waals surface area (Å²) in [6.45, 7) is 6.69.